The minimum absolute atomic E-state index is 0.0757. The quantitative estimate of drug-likeness (QED) is 0.281. The first-order valence-corrected chi connectivity index (χ1v) is 12.7. The number of aliphatic hydroxyl groups excluding tert-OH is 2. The maximum Gasteiger partial charge on any atom is 0.340 e. The molecule has 2 unspecified atom stereocenters. The van der Waals surface area contributed by atoms with Gasteiger partial charge in [-0.1, -0.05) is 33.8 Å². The van der Waals surface area contributed by atoms with Crippen LogP contribution in [0.25, 0.3) is 22.3 Å². The van der Waals surface area contributed by atoms with E-state index in [2.05, 4.69) is 6.58 Å². The molecule has 2 atom stereocenters. The first-order chi connectivity index (χ1) is 17.9. The molecule has 4 heterocycles. The number of halogens is 1. The van der Waals surface area contributed by atoms with Crippen LogP contribution in [-0.2, 0) is 29.1 Å². The molecule has 7 nitrogen and oxygen atoms in total. The van der Waals surface area contributed by atoms with E-state index < -0.39 is 12.1 Å². The zero-order valence-corrected chi connectivity index (χ0v) is 22.3. The first-order valence-electron chi connectivity index (χ1n) is 12.7. The number of nitrogens with zero attached hydrogens (tertiary/aromatic N) is 2. The van der Waals surface area contributed by atoms with Crippen molar-refractivity contribution in [2.75, 3.05) is 7.11 Å². The summed E-state index contributed by atoms with van der Waals surface area (Å²) in [5.74, 6) is -0.991. The Hall–Kier alpha value is -3.36. The lowest BCUT2D eigenvalue weighted by molar-refractivity contribution is -0.157. The van der Waals surface area contributed by atoms with E-state index in [9.17, 15) is 19.1 Å². The standard InChI is InChI=1S/C24H19FN2O4.2C2H6.CH4O/c1-3-11-4-5-12-10(2)16(25)7-17-20(12)19(11)14-8-27-18(21(14)26-17)6-13-15(23(27)29)9-31-24(30)22(13)28;3*1-2/h3,6-7,11,22,28H,1,4-5,8-9H2,2H3;2*1-2H3;2H,1H3. The number of aromatic nitrogens is 2. The van der Waals surface area contributed by atoms with E-state index in [4.69, 9.17) is 14.8 Å². The van der Waals surface area contributed by atoms with Crippen LogP contribution in [0.3, 0.4) is 0 Å². The second-order valence-corrected chi connectivity index (χ2v) is 8.45. The summed E-state index contributed by atoms with van der Waals surface area (Å²) in [5, 5.41) is 18.2. The van der Waals surface area contributed by atoms with E-state index in [1.165, 1.54) is 6.07 Å². The third-order valence-electron chi connectivity index (χ3n) is 6.98. The third kappa shape index (κ3) is 4.28. The Balaban J connectivity index is 0.000000593. The number of esters is 1. The fourth-order valence-electron chi connectivity index (χ4n) is 5.37. The summed E-state index contributed by atoms with van der Waals surface area (Å²) in [6.45, 7) is 14.0. The van der Waals surface area contributed by atoms with Crippen LogP contribution in [0.2, 0.25) is 0 Å². The molecule has 6 rings (SSSR count). The van der Waals surface area contributed by atoms with Crippen LogP contribution in [0.4, 0.5) is 4.39 Å². The van der Waals surface area contributed by atoms with Gasteiger partial charge in [-0.2, -0.15) is 0 Å². The van der Waals surface area contributed by atoms with Crippen LogP contribution in [-0.4, -0.2) is 32.8 Å². The summed E-state index contributed by atoms with van der Waals surface area (Å²) in [6.07, 6.45) is 1.97. The number of cyclic esters (lactones) is 1. The van der Waals surface area contributed by atoms with Crippen molar-refractivity contribution in [3.05, 3.63) is 74.3 Å². The van der Waals surface area contributed by atoms with Crippen molar-refractivity contribution in [2.24, 2.45) is 0 Å². The number of pyridine rings is 2. The van der Waals surface area contributed by atoms with Gasteiger partial charge in [0.05, 0.1) is 29.0 Å². The summed E-state index contributed by atoms with van der Waals surface area (Å²) in [4.78, 5) is 29.8. The first kappa shape index (κ1) is 28.2. The predicted molar refractivity (Wildman–Crippen MR) is 142 cm³/mol. The fourth-order valence-corrected chi connectivity index (χ4v) is 5.37. The smallest absolute Gasteiger partial charge is 0.340 e. The zero-order chi connectivity index (χ0) is 27.6. The normalized spacial score (nSPS) is 17.9. The molecule has 3 aromatic rings. The molecule has 2 aliphatic heterocycles. The van der Waals surface area contributed by atoms with Crippen molar-refractivity contribution in [1.82, 2.24) is 9.55 Å². The van der Waals surface area contributed by atoms with Gasteiger partial charge in [-0.15, -0.1) is 6.58 Å². The molecule has 8 heteroatoms. The molecule has 198 valence electrons. The van der Waals surface area contributed by atoms with Gasteiger partial charge >= 0.3 is 5.97 Å². The molecule has 1 aliphatic carbocycles. The van der Waals surface area contributed by atoms with E-state index in [0.717, 1.165) is 42.0 Å². The number of carbonyl (C=O) groups is 1. The number of aliphatic hydroxyl groups is 2. The second-order valence-electron chi connectivity index (χ2n) is 8.45. The Morgan fingerprint density at radius 3 is 2.46 bits per heavy atom. The predicted octanol–water partition coefficient (Wildman–Crippen LogP) is 4.84. The molecule has 0 radical (unpaired) electrons. The molecule has 3 aliphatic rings. The summed E-state index contributed by atoms with van der Waals surface area (Å²) in [7, 11) is 1.00. The van der Waals surface area contributed by atoms with E-state index in [0.29, 0.717) is 29.0 Å². The summed E-state index contributed by atoms with van der Waals surface area (Å²) < 4.78 is 21.2. The molecule has 37 heavy (non-hydrogen) atoms. The number of allylic oxidation sites excluding steroid dienone is 1. The molecular formula is C29H35FN2O5. The number of rotatable bonds is 1. The summed E-state index contributed by atoms with van der Waals surface area (Å²) in [6, 6.07) is 3.10. The lowest BCUT2D eigenvalue weighted by atomic mass is 9.78. The summed E-state index contributed by atoms with van der Waals surface area (Å²) >= 11 is 0. The van der Waals surface area contributed by atoms with Gasteiger partial charge in [-0.3, -0.25) is 4.79 Å². The molecule has 0 bridgehead atoms. The van der Waals surface area contributed by atoms with Crippen LogP contribution >= 0.6 is 0 Å². The van der Waals surface area contributed by atoms with Crippen molar-refractivity contribution in [1.29, 1.82) is 0 Å². The minimum atomic E-state index is -1.50. The van der Waals surface area contributed by atoms with Crippen LogP contribution in [0.1, 0.15) is 79.5 Å². The number of hydrogen-bond donors (Lipinski definition) is 2. The number of carbonyl (C=O) groups excluding carboxylic acids is 1. The molecule has 0 amide bonds. The van der Waals surface area contributed by atoms with Crippen molar-refractivity contribution in [2.45, 2.75) is 72.6 Å². The fraction of sp³-hybridized carbons (Fsp3) is 0.414. The van der Waals surface area contributed by atoms with Crippen LogP contribution in [0, 0.1) is 12.7 Å². The van der Waals surface area contributed by atoms with Gasteiger partial charge in [0.1, 0.15) is 12.4 Å². The van der Waals surface area contributed by atoms with E-state index in [-0.39, 0.29) is 35.0 Å². The number of fused-ring (bicyclic) bond motifs is 5. The van der Waals surface area contributed by atoms with Crippen molar-refractivity contribution in [3.8, 4) is 11.4 Å². The second kappa shape index (κ2) is 11.4. The van der Waals surface area contributed by atoms with E-state index in [1.807, 2.05) is 33.8 Å². The lowest BCUT2D eigenvalue weighted by Gasteiger charge is -2.27. The van der Waals surface area contributed by atoms with Crippen molar-refractivity contribution < 1.29 is 24.1 Å². The topological polar surface area (TPSA) is 102 Å². The van der Waals surface area contributed by atoms with Gasteiger partial charge in [-0.05, 0) is 42.5 Å². The van der Waals surface area contributed by atoms with Crippen molar-refractivity contribution >= 4 is 16.9 Å². The average molecular weight is 511 g/mol. The average Bonchev–Trinajstić information content (AvgIpc) is 3.31. The molecule has 1 aromatic carbocycles. The third-order valence-corrected chi connectivity index (χ3v) is 6.98. The molecule has 0 saturated heterocycles. The van der Waals surface area contributed by atoms with Gasteiger partial charge < -0.3 is 19.5 Å². The minimum Gasteiger partial charge on any atom is -0.458 e. The molecule has 0 spiro atoms. The lowest BCUT2D eigenvalue weighted by Crippen LogP contribution is -2.32. The Bertz CT molecular complexity index is 1430. The van der Waals surface area contributed by atoms with Crippen molar-refractivity contribution in [3.63, 3.8) is 0 Å². The van der Waals surface area contributed by atoms with Gasteiger partial charge in [-0.25, -0.2) is 14.2 Å². The van der Waals surface area contributed by atoms with E-state index in [1.54, 1.807) is 17.6 Å². The van der Waals surface area contributed by atoms with Gasteiger partial charge in [0.25, 0.3) is 5.56 Å². The highest BCUT2D eigenvalue weighted by atomic mass is 19.1. The highest BCUT2D eigenvalue weighted by Crippen LogP contribution is 2.46. The monoisotopic (exact) mass is 510 g/mol. The molecule has 2 aromatic heterocycles. The van der Waals surface area contributed by atoms with Gasteiger partial charge in [0.2, 0.25) is 0 Å². The number of hydrogen-bond acceptors (Lipinski definition) is 6. The Morgan fingerprint density at radius 2 is 1.81 bits per heavy atom. The Kier molecular flexibility index (Phi) is 8.66. The van der Waals surface area contributed by atoms with Gasteiger partial charge in [0, 0.05) is 35.6 Å². The maximum atomic E-state index is 14.7. The van der Waals surface area contributed by atoms with Gasteiger partial charge in [0.15, 0.2) is 6.10 Å². The van der Waals surface area contributed by atoms with E-state index >= 15 is 0 Å². The molecule has 0 saturated carbocycles. The maximum absolute atomic E-state index is 14.7. The zero-order valence-electron chi connectivity index (χ0n) is 22.3. The van der Waals surface area contributed by atoms with Crippen LogP contribution < -0.4 is 5.56 Å². The highest BCUT2D eigenvalue weighted by molar-refractivity contribution is 5.93. The summed E-state index contributed by atoms with van der Waals surface area (Å²) in [5.41, 5.74) is 5.49. The molecular weight excluding hydrogens is 475 g/mol. The number of benzene rings is 1. The number of ether oxygens (including phenoxy) is 1. The van der Waals surface area contributed by atoms with Crippen LogP contribution in [0.15, 0.2) is 29.6 Å². The largest absolute Gasteiger partial charge is 0.458 e. The molecule has 0 fully saturated rings. The highest BCUT2D eigenvalue weighted by Gasteiger charge is 2.36. The Labute approximate surface area is 216 Å². The Morgan fingerprint density at radius 1 is 1.14 bits per heavy atom. The number of aryl methyl sites for hydroxylation is 1. The SMILES string of the molecule is C=CC1CCc2c(C)c(F)cc3nc4c(c1c23)Cn1c-4cc2c(c1=O)COC(=O)C2O.CC.CC.CO. The van der Waals surface area contributed by atoms with Crippen LogP contribution in [0.5, 0.6) is 0 Å². The molecule has 2 N–H and O–H groups in total.